The Hall–Kier alpha value is -1.53. The highest BCUT2D eigenvalue weighted by Gasteiger charge is 2.45. The van der Waals surface area contributed by atoms with Crippen molar-refractivity contribution in [2.24, 2.45) is 5.92 Å². The molecular weight excluding hydrogens is 364 g/mol. The van der Waals surface area contributed by atoms with Crippen molar-refractivity contribution in [3.63, 3.8) is 0 Å². The average molecular weight is 384 g/mol. The highest BCUT2D eigenvalue weighted by molar-refractivity contribution is 7.85. The van der Waals surface area contributed by atoms with Crippen LogP contribution >= 0.6 is 0 Å². The summed E-state index contributed by atoms with van der Waals surface area (Å²) in [6.45, 7) is 0.833. The van der Waals surface area contributed by atoms with E-state index in [4.69, 9.17) is 4.55 Å². The predicted octanol–water partition coefficient (Wildman–Crippen LogP) is -0.917. The van der Waals surface area contributed by atoms with E-state index in [1.807, 2.05) is 6.92 Å². The highest BCUT2D eigenvalue weighted by Crippen LogP contribution is 2.22. The fraction of sp³-hybridized carbons (Fsp3) is 0.750. The van der Waals surface area contributed by atoms with E-state index in [9.17, 15) is 31.2 Å². The SMILES string of the molecule is CCCCC1C(=O)N(CC[SH](=O)=O)C(=O)N(CCS(=O)(=O)O)C1=O. The number of unbranched alkanes of at least 4 members (excludes halogenated alkanes) is 1. The van der Waals surface area contributed by atoms with Gasteiger partial charge in [0.2, 0.25) is 11.8 Å². The van der Waals surface area contributed by atoms with Gasteiger partial charge in [0.25, 0.3) is 10.1 Å². The van der Waals surface area contributed by atoms with E-state index >= 15 is 0 Å². The third-order valence-corrected chi connectivity index (χ3v) is 4.78. The lowest BCUT2D eigenvalue weighted by Gasteiger charge is -2.36. The summed E-state index contributed by atoms with van der Waals surface area (Å²) in [7, 11) is -7.23. The number of hydrogen-bond donors (Lipinski definition) is 2. The number of urea groups is 1. The molecule has 1 saturated heterocycles. The Labute approximate surface area is 141 Å². The molecule has 1 fully saturated rings. The van der Waals surface area contributed by atoms with E-state index in [0.29, 0.717) is 22.6 Å². The number of hydrogen-bond acceptors (Lipinski definition) is 7. The van der Waals surface area contributed by atoms with E-state index in [1.54, 1.807) is 0 Å². The summed E-state index contributed by atoms with van der Waals surface area (Å²) in [4.78, 5) is 38.1. The molecule has 12 heteroatoms. The molecule has 1 atom stereocenters. The van der Waals surface area contributed by atoms with Gasteiger partial charge in [-0.05, 0) is 6.42 Å². The molecule has 0 radical (unpaired) electrons. The highest BCUT2D eigenvalue weighted by atomic mass is 32.2. The maximum atomic E-state index is 12.3. The van der Waals surface area contributed by atoms with Gasteiger partial charge in [-0.3, -0.25) is 23.9 Å². The van der Waals surface area contributed by atoms with E-state index in [0.717, 1.165) is 0 Å². The van der Waals surface area contributed by atoms with Crippen LogP contribution in [0.1, 0.15) is 26.2 Å². The van der Waals surface area contributed by atoms with Crippen LogP contribution in [-0.2, 0) is 30.4 Å². The van der Waals surface area contributed by atoms with Crippen LogP contribution in [0.2, 0.25) is 0 Å². The largest absolute Gasteiger partial charge is 0.333 e. The van der Waals surface area contributed by atoms with Crippen LogP contribution in [-0.4, -0.2) is 73.6 Å². The van der Waals surface area contributed by atoms with Crippen LogP contribution in [0.25, 0.3) is 0 Å². The summed E-state index contributed by atoms with van der Waals surface area (Å²) in [5, 5.41) is 0. The Morgan fingerprint density at radius 3 is 2.08 bits per heavy atom. The summed E-state index contributed by atoms with van der Waals surface area (Å²) in [6.07, 6.45) is 1.40. The van der Waals surface area contributed by atoms with Crippen LogP contribution in [0.5, 0.6) is 0 Å². The zero-order valence-corrected chi connectivity index (χ0v) is 14.8. The zero-order valence-electron chi connectivity index (χ0n) is 13.1. The second kappa shape index (κ2) is 8.53. The number of carbonyl (C=O) groups excluding carboxylic acids is 3. The molecule has 138 valence electrons. The molecule has 24 heavy (non-hydrogen) atoms. The lowest BCUT2D eigenvalue weighted by atomic mass is 9.97. The van der Waals surface area contributed by atoms with E-state index < -0.39 is 69.2 Å². The maximum absolute atomic E-state index is 12.3. The Morgan fingerprint density at radius 2 is 1.62 bits per heavy atom. The Kier molecular flexibility index (Phi) is 7.29. The van der Waals surface area contributed by atoms with Gasteiger partial charge in [-0.15, -0.1) is 0 Å². The first kappa shape index (κ1) is 20.5. The normalized spacial score (nSPS) is 19.5. The molecule has 0 bridgehead atoms. The van der Waals surface area contributed by atoms with Gasteiger partial charge < -0.3 is 0 Å². The number of imide groups is 2. The van der Waals surface area contributed by atoms with Gasteiger partial charge in [-0.2, -0.15) is 8.42 Å². The molecule has 0 aromatic rings. The van der Waals surface area contributed by atoms with Crippen molar-refractivity contribution >= 4 is 38.7 Å². The van der Waals surface area contributed by atoms with Crippen molar-refractivity contribution in [3.8, 4) is 0 Å². The summed E-state index contributed by atoms with van der Waals surface area (Å²) in [5.41, 5.74) is 0. The molecule has 1 N–H and O–H groups in total. The molecule has 1 rings (SSSR count). The number of nitrogens with zero attached hydrogens (tertiary/aromatic N) is 2. The summed E-state index contributed by atoms with van der Waals surface area (Å²) in [6, 6.07) is -1.07. The number of thiol groups is 1. The lowest BCUT2D eigenvalue weighted by Crippen LogP contribution is -2.60. The van der Waals surface area contributed by atoms with Gasteiger partial charge in [0.1, 0.15) is 16.6 Å². The maximum Gasteiger partial charge on any atom is 0.333 e. The second-order valence-corrected chi connectivity index (χ2v) is 7.98. The fourth-order valence-corrected chi connectivity index (χ4v) is 3.05. The Balaban J connectivity index is 3.04. The molecule has 0 spiro atoms. The number of carbonyl (C=O) groups is 3. The lowest BCUT2D eigenvalue weighted by molar-refractivity contribution is -0.149. The van der Waals surface area contributed by atoms with Crippen molar-refractivity contribution in [3.05, 3.63) is 0 Å². The number of amides is 4. The molecule has 1 aliphatic rings. The fourth-order valence-electron chi connectivity index (χ4n) is 2.27. The topological polar surface area (TPSA) is 146 Å². The van der Waals surface area contributed by atoms with Gasteiger partial charge >= 0.3 is 6.03 Å². The van der Waals surface area contributed by atoms with Crippen molar-refractivity contribution in [1.82, 2.24) is 9.80 Å². The van der Waals surface area contributed by atoms with Crippen molar-refractivity contribution in [1.29, 1.82) is 0 Å². The van der Waals surface area contributed by atoms with Gasteiger partial charge in [0.15, 0.2) is 0 Å². The standard InChI is InChI=1S/C12H20N2O8S2/c1-2-3-4-9-10(15)13(5-7-23(18)19)12(17)14(11(9)16)6-8-24(20,21)22/h9,23H,2-8H2,1H3,(H,20,21,22). The van der Waals surface area contributed by atoms with Crippen molar-refractivity contribution in [2.45, 2.75) is 26.2 Å². The van der Waals surface area contributed by atoms with Gasteiger partial charge in [0.05, 0.1) is 11.5 Å². The van der Waals surface area contributed by atoms with Crippen LogP contribution in [0.3, 0.4) is 0 Å². The molecular formula is C12H20N2O8S2. The summed E-state index contributed by atoms with van der Waals surface area (Å²) in [5.74, 6) is -4.08. The van der Waals surface area contributed by atoms with Gasteiger partial charge in [-0.25, -0.2) is 13.2 Å². The molecule has 1 unspecified atom stereocenters. The molecule has 0 aromatic heterocycles. The van der Waals surface area contributed by atoms with Crippen molar-refractivity contribution < 1.29 is 35.8 Å². The predicted molar refractivity (Wildman–Crippen MR) is 83.4 cm³/mol. The summed E-state index contributed by atoms with van der Waals surface area (Å²) >= 11 is 0. The molecule has 1 heterocycles. The van der Waals surface area contributed by atoms with Crippen LogP contribution < -0.4 is 0 Å². The molecule has 0 saturated carbocycles. The second-order valence-electron chi connectivity index (χ2n) is 5.30. The average Bonchev–Trinajstić information content (AvgIpc) is 2.45. The van der Waals surface area contributed by atoms with Gasteiger partial charge in [-0.1, -0.05) is 19.8 Å². The monoisotopic (exact) mass is 384 g/mol. The van der Waals surface area contributed by atoms with Crippen molar-refractivity contribution in [2.75, 3.05) is 24.6 Å². The zero-order chi connectivity index (χ0) is 18.5. The number of rotatable bonds is 9. The molecule has 0 aliphatic carbocycles. The molecule has 0 aromatic carbocycles. The van der Waals surface area contributed by atoms with E-state index in [2.05, 4.69) is 0 Å². The minimum absolute atomic E-state index is 0.170. The van der Waals surface area contributed by atoms with E-state index in [-0.39, 0.29) is 6.42 Å². The minimum Gasteiger partial charge on any atom is -0.285 e. The van der Waals surface area contributed by atoms with Gasteiger partial charge in [0, 0.05) is 13.1 Å². The Morgan fingerprint density at radius 1 is 1.08 bits per heavy atom. The first-order valence-corrected chi connectivity index (χ1v) is 10.3. The third-order valence-electron chi connectivity index (χ3n) is 3.52. The molecule has 1 aliphatic heterocycles. The molecule has 10 nitrogen and oxygen atoms in total. The van der Waals surface area contributed by atoms with Crippen LogP contribution in [0, 0.1) is 5.92 Å². The van der Waals surface area contributed by atoms with Crippen LogP contribution in [0.15, 0.2) is 0 Å². The van der Waals surface area contributed by atoms with E-state index in [1.165, 1.54) is 0 Å². The first-order valence-electron chi connectivity index (χ1n) is 7.32. The first-order chi connectivity index (χ1) is 11.1. The smallest absolute Gasteiger partial charge is 0.285 e. The van der Waals surface area contributed by atoms with Crippen LogP contribution in [0.4, 0.5) is 4.79 Å². The summed E-state index contributed by atoms with van der Waals surface area (Å²) < 4.78 is 51.9. The third kappa shape index (κ3) is 5.53. The number of barbiturate groups is 1. The minimum atomic E-state index is -4.41. The Bertz CT molecular complexity index is 677. The quantitative estimate of drug-likeness (QED) is 0.295. The molecule has 4 amide bonds.